The molecule has 0 fully saturated rings. The van der Waals surface area contributed by atoms with Crippen LogP contribution >= 0.6 is 22.6 Å². The summed E-state index contributed by atoms with van der Waals surface area (Å²) in [4.78, 5) is 8.48. The first-order chi connectivity index (χ1) is 13.5. The highest BCUT2D eigenvalue weighted by molar-refractivity contribution is 14.1. The number of sulfonamides is 1. The quantitative estimate of drug-likeness (QED) is 0.371. The van der Waals surface area contributed by atoms with E-state index in [1.807, 2.05) is 22.6 Å². The fourth-order valence-corrected chi connectivity index (χ4v) is 4.79. The molecule has 0 saturated carbocycles. The Bertz CT molecular complexity index is 1250. The molecule has 0 unspecified atom stereocenters. The van der Waals surface area contributed by atoms with Crippen molar-refractivity contribution in [2.75, 3.05) is 4.31 Å². The zero-order valence-corrected chi connectivity index (χ0v) is 17.3. The Morgan fingerprint density at radius 2 is 1.54 bits per heavy atom. The summed E-state index contributed by atoms with van der Waals surface area (Å²) in [7, 11) is -3.97. The van der Waals surface area contributed by atoms with E-state index in [0.717, 1.165) is 0 Å². The van der Waals surface area contributed by atoms with Crippen molar-refractivity contribution in [1.82, 2.24) is 9.97 Å². The largest absolute Gasteiger partial charge is 0.269 e. The van der Waals surface area contributed by atoms with E-state index in [1.165, 1.54) is 28.8 Å². The van der Waals surface area contributed by atoms with Crippen molar-refractivity contribution in [3.05, 3.63) is 88.5 Å². The second-order valence-electron chi connectivity index (χ2n) is 5.90. The Morgan fingerprint density at radius 1 is 0.893 bits per heavy atom. The topological polar surface area (TPSA) is 63.2 Å². The molecule has 4 rings (SSSR count). The number of hydrogen-bond donors (Lipinski definition) is 0. The average Bonchev–Trinajstić information content (AvgIpc) is 2.71. The van der Waals surface area contributed by atoms with Crippen LogP contribution in [-0.2, 0) is 10.0 Å². The van der Waals surface area contributed by atoms with Gasteiger partial charge in [-0.1, -0.05) is 36.4 Å². The van der Waals surface area contributed by atoms with Gasteiger partial charge in [0.05, 0.1) is 16.1 Å². The van der Waals surface area contributed by atoms with Gasteiger partial charge >= 0.3 is 0 Å². The zero-order valence-electron chi connectivity index (χ0n) is 14.3. The molecule has 140 valence electrons. The van der Waals surface area contributed by atoms with Crippen LogP contribution in [0.3, 0.4) is 0 Å². The molecule has 0 aliphatic carbocycles. The molecule has 0 aliphatic rings. The summed E-state index contributed by atoms with van der Waals surface area (Å²) in [5, 5.41) is 0.441. The molecule has 0 amide bonds. The van der Waals surface area contributed by atoms with Crippen LogP contribution in [0.25, 0.3) is 10.9 Å². The van der Waals surface area contributed by atoms with Crippen LogP contribution in [0, 0.1) is 9.39 Å². The molecule has 4 aromatic rings. The first kappa shape index (κ1) is 18.8. The molecule has 0 radical (unpaired) electrons. The van der Waals surface area contributed by atoms with E-state index in [9.17, 15) is 12.8 Å². The van der Waals surface area contributed by atoms with E-state index in [1.54, 1.807) is 54.6 Å². The minimum Gasteiger partial charge on any atom is -0.236 e. The summed E-state index contributed by atoms with van der Waals surface area (Å²) < 4.78 is 42.6. The number of fused-ring (bicyclic) bond motifs is 1. The van der Waals surface area contributed by atoms with Gasteiger partial charge in [0, 0.05) is 15.0 Å². The van der Waals surface area contributed by atoms with Crippen molar-refractivity contribution in [3.63, 3.8) is 0 Å². The third kappa shape index (κ3) is 3.33. The van der Waals surface area contributed by atoms with Crippen molar-refractivity contribution in [1.29, 1.82) is 0 Å². The molecule has 1 heterocycles. The maximum atomic E-state index is 14.0. The zero-order chi connectivity index (χ0) is 19.7. The monoisotopic (exact) mass is 505 g/mol. The number of rotatable bonds is 4. The normalized spacial score (nSPS) is 11.5. The fourth-order valence-electron chi connectivity index (χ4n) is 2.84. The minimum absolute atomic E-state index is 0.127. The smallest absolute Gasteiger partial charge is 0.236 e. The van der Waals surface area contributed by atoms with Crippen LogP contribution < -0.4 is 4.31 Å². The van der Waals surface area contributed by atoms with Gasteiger partial charge in [0.1, 0.15) is 12.1 Å². The molecule has 1 aromatic heterocycles. The number of anilines is 2. The van der Waals surface area contributed by atoms with Gasteiger partial charge < -0.3 is 0 Å². The molecule has 0 atom stereocenters. The number of nitrogens with zero attached hydrogens (tertiary/aromatic N) is 3. The van der Waals surface area contributed by atoms with Crippen LogP contribution in [0.5, 0.6) is 0 Å². The van der Waals surface area contributed by atoms with Gasteiger partial charge in [-0.15, -0.1) is 0 Å². The Balaban J connectivity index is 2.04. The van der Waals surface area contributed by atoms with E-state index < -0.39 is 15.8 Å². The highest BCUT2D eigenvalue weighted by Gasteiger charge is 2.29. The van der Waals surface area contributed by atoms with Crippen molar-refractivity contribution >= 4 is 55.0 Å². The summed E-state index contributed by atoms with van der Waals surface area (Å²) in [6.07, 6.45) is 1.24. The molecule has 0 aliphatic heterocycles. The van der Waals surface area contributed by atoms with Crippen molar-refractivity contribution in [2.45, 2.75) is 4.90 Å². The maximum absolute atomic E-state index is 14.0. The molecule has 0 spiro atoms. The van der Waals surface area contributed by atoms with Crippen LogP contribution in [-0.4, -0.2) is 18.4 Å². The number of aromatic nitrogens is 2. The summed E-state index contributed by atoms with van der Waals surface area (Å²) in [5.41, 5.74) is 0.748. The van der Waals surface area contributed by atoms with Gasteiger partial charge in [-0.05, 0) is 52.9 Å². The molecule has 3 aromatic carbocycles. The van der Waals surface area contributed by atoms with Gasteiger partial charge in [-0.3, -0.25) is 0 Å². The third-order valence-electron chi connectivity index (χ3n) is 4.12. The fraction of sp³-hybridized carbons (Fsp3) is 0. The summed E-state index contributed by atoms with van der Waals surface area (Å²) in [5.74, 6) is -0.257. The van der Waals surface area contributed by atoms with E-state index >= 15 is 0 Å². The van der Waals surface area contributed by atoms with Crippen LogP contribution in [0.15, 0.2) is 84.0 Å². The Labute approximate surface area is 175 Å². The van der Waals surface area contributed by atoms with Gasteiger partial charge in [0.25, 0.3) is 10.0 Å². The standard InChI is InChI=1S/C20H13FIN3O2S/c21-17-12-19-16(11-18(17)22)20(24-13-23-19)25(14-7-3-1-4-8-14)28(26,27)15-9-5-2-6-10-15/h1-13H. The molecular formula is C20H13FIN3O2S. The molecule has 28 heavy (non-hydrogen) atoms. The predicted molar refractivity (Wildman–Crippen MR) is 114 cm³/mol. The molecule has 5 nitrogen and oxygen atoms in total. The van der Waals surface area contributed by atoms with Gasteiger partial charge in [0.2, 0.25) is 0 Å². The summed E-state index contributed by atoms with van der Waals surface area (Å²) in [6.45, 7) is 0. The molecule has 0 saturated heterocycles. The number of benzene rings is 3. The first-order valence-corrected chi connectivity index (χ1v) is 10.8. The number of para-hydroxylation sites is 1. The highest BCUT2D eigenvalue weighted by Crippen LogP contribution is 2.35. The van der Waals surface area contributed by atoms with E-state index in [4.69, 9.17) is 0 Å². The second-order valence-corrected chi connectivity index (χ2v) is 8.85. The lowest BCUT2D eigenvalue weighted by Gasteiger charge is -2.24. The van der Waals surface area contributed by atoms with Gasteiger partial charge in [-0.25, -0.2) is 27.1 Å². The molecule has 8 heteroatoms. The lowest BCUT2D eigenvalue weighted by atomic mass is 10.2. The SMILES string of the molecule is O=S(=O)(c1ccccc1)N(c1ccccc1)c1ncnc2cc(F)c(I)cc12. The lowest BCUT2D eigenvalue weighted by Crippen LogP contribution is -2.27. The van der Waals surface area contributed by atoms with E-state index in [0.29, 0.717) is 20.2 Å². The number of halogens is 2. The van der Waals surface area contributed by atoms with Crippen LogP contribution in [0.1, 0.15) is 0 Å². The van der Waals surface area contributed by atoms with Crippen LogP contribution in [0.4, 0.5) is 15.9 Å². The first-order valence-electron chi connectivity index (χ1n) is 8.23. The second kappa shape index (κ2) is 7.44. The Morgan fingerprint density at radius 3 is 2.21 bits per heavy atom. The van der Waals surface area contributed by atoms with E-state index in [-0.39, 0.29) is 10.7 Å². The molecule has 0 N–H and O–H groups in total. The summed E-state index contributed by atoms with van der Waals surface area (Å²) in [6, 6.07) is 19.6. The maximum Gasteiger partial charge on any atom is 0.269 e. The Hall–Kier alpha value is -2.59. The predicted octanol–water partition coefficient (Wildman–Crippen LogP) is 4.90. The summed E-state index contributed by atoms with van der Waals surface area (Å²) >= 11 is 1.86. The van der Waals surface area contributed by atoms with Crippen molar-refractivity contribution in [3.8, 4) is 0 Å². The lowest BCUT2D eigenvalue weighted by molar-refractivity contribution is 0.596. The minimum atomic E-state index is -3.97. The molecular weight excluding hydrogens is 492 g/mol. The van der Waals surface area contributed by atoms with Gasteiger partial charge in [-0.2, -0.15) is 0 Å². The van der Waals surface area contributed by atoms with E-state index in [2.05, 4.69) is 9.97 Å². The highest BCUT2D eigenvalue weighted by atomic mass is 127. The Kier molecular flexibility index (Phi) is 4.98. The van der Waals surface area contributed by atoms with Crippen molar-refractivity contribution in [2.24, 2.45) is 0 Å². The molecule has 0 bridgehead atoms. The van der Waals surface area contributed by atoms with Crippen LogP contribution in [0.2, 0.25) is 0 Å². The average molecular weight is 505 g/mol. The third-order valence-corrected chi connectivity index (χ3v) is 6.68. The number of hydrogen-bond acceptors (Lipinski definition) is 4. The van der Waals surface area contributed by atoms with Gasteiger partial charge in [0.15, 0.2) is 5.82 Å². The van der Waals surface area contributed by atoms with Crippen molar-refractivity contribution < 1.29 is 12.8 Å².